The third-order valence-electron chi connectivity index (χ3n) is 4.18. The number of hydrogen-bond donors (Lipinski definition) is 0. The zero-order valence-electron chi connectivity index (χ0n) is 16.9. The fraction of sp³-hybridized carbons (Fsp3) is 0.409. The highest BCUT2D eigenvalue weighted by Gasteiger charge is 2.22. The lowest BCUT2D eigenvalue weighted by Crippen LogP contribution is -2.12. The van der Waals surface area contributed by atoms with Gasteiger partial charge in [-0.1, -0.05) is 30.3 Å². The summed E-state index contributed by atoms with van der Waals surface area (Å²) in [6.45, 7) is 2.24. The molecule has 0 saturated heterocycles. The third-order valence-corrected chi connectivity index (χ3v) is 4.18. The normalized spacial score (nSPS) is 10.7. The van der Waals surface area contributed by atoms with Crippen molar-refractivity contribution in [3.8, 4) is 22.6 Å². The molecule has 2 rings (SSSR count). The van der Waals surface area contributed by atoms with E-state index < -0.39 is 0 Å². The molecule has 0 spiro atoms. The van der Waals surface area contributed by atoms with Crippen LogP contribution in [0.5, 0.6) is 11.5 Å². The van der Waals surface area contributed by atoms with E-state index in [2.05, 4.69) is 0 Å². The van der Waals surface area contributed by atoms with Crippen molar-refractivity contribution >= 4 is 5.78 Å². The van der Waals surface area contributed by atoms with Crippen LogP contribution in [0.3, 0.4) is 0 Å². The van der Waals surface area contributed by atoms with Crippen molar-refractivity contribution in [2.75, 3.05) is 41.5 Å². The van der Waals surface area contributed by atoms with Gasteiger partial charge in [-0.2, -0.15) is 0 Å². The van der Waals surface area contributed by atoms with Crippen LogP contribution in [-0.2, 0) is 31.8 Å². The standard InChI is InChI=1S/C22H28O6/c1-16(23)12-19-18(10-11-24-2)22(17-8-6-5-7-9-17)21(28-15-26-4)13-20(19)27-14-25-3/h5-9,13H,10-12,14-15H2,1-4H3. The first-order valence-electron chi connectivity index (χ1n) is 9.08. The van der Waals surface area contributed by atoms with Crippen molar-refractivity contribution in [3.05, 3.63) is 47.5 Å². The van der Waals surface area contributed by atoms with Crippen molar-refractivity contribution in [2.24, 2.45) is 0 Å². The second-order valence-corrected chi connectivity index (χ2v) is 6.29. The first-order chi connectivity index (χ1) is 13.6. The van der Waals surface area contributed by atoms with E-state index in [1.165, 1.54) is 0 Å². The smallest absolute Gasteiger partial charge is 0.188 e. The highest BCUT2D eigenvalue weighted by molar-refractivity contribution is 5.83. The van der Waals surface area contributed by atoms with Crippen molar-refractivity contribution in [1.82, 2.24) is 0 Å². The summed E-state index contributed by atoms with van der Waals surface area (Å²) in [7, 11) is 4.78. The molecule has 0 unspecified atom stereocenters. The summed E-state index contributed by atoms with van der Waals surface area (Å²) in [6, 6.07) is 11.7. The van der Waals surface area contributed by atoms with Gasteiger partial charge in [0.15, 0.2) is 13.6 Å². The lowest BCUT2D eigenvalue weighted by atomic mass is 9.89. The van der Waals surface area contributed by atoms with Crippen LogP contribution in [-0.4, -0.2) is 47.3 Å². The Balaban J connectivity index is 2.73. The molecule has 28 heavy (non-hydrogen) atoms. The van der Waals surface area contributed by atoms with Crippen LogP contribution in [0.2, 0.25) is 0 Å². The van der Waals surface area contributed by atoms with E-state index in [9.17, 15) is 4.79 Å². The third kappa shape index (κ3) is 5.79. The van der Waals surface area contributed by atoms with Crippen LogP contribution in [0.25, 0.3) is 11.1 Å². The number of rotatable bonds is 12. The molecule has 2 aromatic carbocycles. The van der Waals surface area contributed by atoms with Crippen LogP contribution in [0, 0.1) is 0 Å². The summed E-state index contributed by atoms with van der Waals surface area (Å²) < 4.78 is 27.2. The van der Waals surface area contributed by atoms with Crippen LogP contribution in [0.15, 0.2) is 36.4 Å². The molecular weight excluding hydrogens is 360 g/mol. The minimum Gasteiger partial charge on any atom is -0.467 e. The summed E-state index contributed by atoms with van der Waals surface area (Å²) in [5.41, 5.74) is 3.69. The maximum Gasteiger partial charge on any atom is 0.188 e. The van der Waals surface area contributed by atoms with E-state index in [1.54, 1.807) is 34.3 Å². The molecule has 152 valence electrons. The second kappa shape index (κ2) is 11.4. The summed E-state index contributed by atoms with van der Waals surface area (Å²) in [5, 5.41) is 0. The molecule has 0 aliphatic carbocycles. The topological polar surface area (TPSA) is 63.2 Å². The maximum atomic E-state index is 12.0. The molecule has 0 bridgehead atoms. The molecule has 0 saturated carbocycles. The molecule has 6 nitrogen and oxygen atoms in total. The van der Waals surface area contributed by atoms with Gasteiger partial charge in [-0.25, -0.2) is 0 Å². The van der Waals surface area contributed by atoms with E-state index in [1.807, 2.05) is 30.3 Å². The molecule has 0 aromatic heterocycles. The molecule has 0 aliphatic rings. The molecule has 0 fully saturated rings. The lowest BCUT2D eigenvalue weighted by molar-refractivity contribution is -0.116. The Labute approximate surface area is 166 Å². The Bertz CT molecular complexity index is 757. The number of Topliss-reactive ketones (excluding diaryl/α,β-unsaturated/α-hetero) is 1. The molecule has 0 radical (unpaired) electrons. The minimum absolute atomic E-state index is 0.0468. The van der Waals surface area contributed by atoms with Crippen LogP contribution < -0.4 is 9.47 Å². The largest absolute Gasteiger partial charge is 0.467 e. The quantitative estimate of drug-likeness (QED) is 0.517. The zero-order valence-corrected chi connectivity index (χ0v) is 16.9. The number of carbonyl (C=O) groups excluding carboxylic acids is 1. The first-order valence-corrected chi connectivity index (χ1v) is 9.08. The number of ketones is 1. The summed E-state index contributed by atoms with van der Waals surface area (Å²) in [4.78, 5) is 12.0. The van der Waals surface area contributed by atoms with Gasteiger partial charge < -0.3 is 23.7 Å². The van der Waals surface area contributed by atoms with E-state index in [-0.39, 0.29) is 25.8 Å². The van der Waals surface area contributed by atoms with Crippen molar-refractivity contribution in [2.45, 2.75) is 19.8 Å². The van der Waals surface area contributed by atoms with Gasteiger partial charge in [-0.3, -0.25) is 4.79 Å². The molecule has 2 aromatic rings. The molecule has 6 heteroatoms. The molecule has 0 atom stereocenters. The number of methoxy groups -OCH3 is 3. The Morgan fingerprint density at radius 3 is 2.07 bits per heavy atom. The van der Waals surface area contributed by atoms with Gasteiger partial charge in [-0.15, -0.1) is 0 Å². The predicted molar refractivity (Wildman–Crippen MR) is 107 cm³/mol. The molecule has 0 N–H and O–H groups in total. The van der Waals surface area contributed by atoms with Gasteiger partial charge in [0.25, 0.3) is 0 Å². The molecule has 0 amide bonds. The summed E-state index contributed by atoms with van der Waals surface area (Å²) in [6.07, 6.45) is 0.860. The van der Waals surface area contributed by atoms with Crippen molar-refractivity contribution < 1.29 is 28.5 Å². The van der Waals surface area contributed by atoms with Crippen molar-refractivity contribution in [3.63, 3.8) is 0 Å². The summed E-state index contributed by atoms with van der Waals surface area (Å²) >= 11 is 0. The SMILES string of the molecule is COCCc1c(CC(C)=O)c(OCOC)cc(OCOC)c1-c1ccccc1. The Hall–Kier alpha value is -2.41. The van der Waals surface area contributed by atoms with Gasteiger partial charge in [0.2, 0.25) is 0 Å². The molecule has 0 heterocycles. The molecule has 0 aliphatic heterocycles. The molecular formula is C22H28O6. The Kier molecular flexibility index (Phi) is 8.94. The van der Waals surface area contributed by atoms with Gasteiger partial charge >= 0.3 is 0 Å². The van der Waals surface area contributed by atoms with Crippen LogP contribution in [0.1, 0.15) is 18.1 Å². The van der Waals surface area contributed by atoms with E-state index >= 15 is 0 Å². The Morgan fingerprint density at radius 2 is 1.50 bits per heavy atom. The number of hydrogen-bond acceptors (Lipinski definition) is 6. The number of ether oxygens (including phenoxy) is 5. The average molecular weight is 388 g/mol. The number of benzene rings is 2. The average Bonchev–Trinajstić information content (AvgIpc) is 2.70. The van der Waals surface area contributed by atoms with E-state index in [0.29, 0.717) is 24.5 Å². The first kappa shape index (κ1) is 21.9. The van der Waals surface area contributed by atoms with E-state index in [0.717, 1.165) is 22.3 Å². The maximum absolute atomic E-state index is 12.0. The van der Waals surface area contributed by atoms with Crippen LogP contribution in [0.4, 0.5) is 0 Å². The van der Waals surface area contributed by atoms with Crippen molar-refractivity contribution in [1.29, 1.82) is 0 Å². The lowest BCUT2D eigenvalue weighted by Gasteiger charge is -2.22. The van der Waals surface area contributed by atoms with Gasteiger partial charge in [-0.05, 0) is 24.5 Å². The zero-order chi connectivity index (χ0) is 20.4. The Morgan fingerprint density at radius 1 is 0.857 bits per heavy atom. The second-order valence-electron chi connectivity index (χ2n) is 6.29. The highest BCUT2D eigenvalue weighted by Crippen LogP contribution is 2.41. The van der Waals surface area contributed by atoms with Gasteiger partial charge in [0, 0.05) is 44.9 Å². The minimum atomic E-state index is 0.0468. The van der Waals surface area contributed by atoms with Crippen LogP contribution >= 0.6 is 0 Å². The van der Waals surface area contributed by atoms with Gasteiger partial charge in [0.05, 0.1) is 6.61 Å². The summed E-state index contributed by atoms with van der Waals surface area (Å²) in [5.74, 6) is 1.23. The fourth-order valence-corrected chi connectivity index (χ4v) is 3.06. The monoisotopic (exact) mass is 388 g/mol. The van der Waals surface area contributed by atoms with Gasteiger partial charge in [0.1, 0.15) is 17.3 Å². The van der Waals surface area contributed by atoms with E-state index in [4.69, 9.17) is 23.7 Å². The highest BCUT2D eigenvalue weighted by atomic mass is 16.7. The predicted octanol–water partition coefficient (Wildman–Crippen LogP) is 3.64. The fourth-order valence-electron chi connectivity index (χ4n) is 3.06. The number of carbonyl (C=O) groups is 1.